The first-order valence-corrected chi connectivity index (χ1v) is 6.35. The molecule has 0 aliphatic carbocycles. The van der Waals surface area contributed by atoms with E-state index in [2.05, 4.69) is 6.07 Å². The third-order valence-corrected chi connectivity index (χ3v) is 3.73. The maximum Gasteiger partial charge on any atom is 0.346 e. The lowest BCUT2D eigenvalue weighted by molar-refractivity contribution is 0.0391. The van der Waals surface area contributed by atoms with Crippen LogP contribution < -0.4 is 0 Å². The first-order chi connectivity index (χ1) is 10.2. The highest BCUT2D eigenvalue weighted by Crippen LogP contribution is 2.34. The molecule has 1 heterocycles. The number of fused-ring (bicyclic) bond motifs is 2. The number of cyclic esters (lactones) is 2. The minimum Gasteiger partial charge on any atom is -0.386 e. The summed E-state index contributed by atoms with van der Waals surface area (Å²) < 4.78 is 4.77. The molecule has 1 aliphatic rings. The number of esters is 2. The molecule has 0 amide bonds. The van der Waals surface area contributed by atoms with Gasteiger partial charge in [-0.3, -0.25) is 0 Å². The second-order valence-corrected chi connectivity index (χ2v) is 4.88. The summed E-state index contributed by atoms with van der Waals surface area (Å²) in [6.45, 7) is 0. The zero-order chi connectivity index (χ0) is 14.6. The van der Waals surface area contributed by atoms with Crippen molar-refractivity contribution in [2.75, 3.05) is 0 Å². The Morgan fingerprint density at radius 2 is 1.71 bits per heavy atom. The molecule has 0 unspecified atom stereocenters. The number of ether oxygens (including phenoxy) is 1. The summed E-state index contributed by atoms with van der Waals surface area (Å²) in [5.74, 6) is -1.26. The van der Waals surface area contributed by atoms with Gasteiger partial charge in [-0.1, -0.05) is 18.2 Å². The van der Waals surface area contributed by atoms with E-state index in [4.69, 9.17) is 10.00 Å². The number of nitrogens with zero attached hydrogens (tertiary/aromatic N) is 1. The van der Waals surface area contributed by atoms with Crippen LogP contribution in [0.3, 0.4) is 0 Å². The Kier molecular flexibility index (Phi) is 2.16. The molecule has 21 heavy (non-hydrogen) atoms. The first-order valence-electron chi connectivity index (χ1n) is 6.35. The topological polar surface area (TPSA) is 67.2 Å². The van der Waals surface area contributed by atoms with Crippen molar-refractivity contribution in [1.82, 2.24) is 0 Å². The van der Waals surface area contributed by atoms with Crippen molar-refractivity contribution >= 4 is 33.5 Å². The van der Waals surface area contributed by atoms with E-state index >= 15 is 0 Å². The third-order valence-electron chi connectivity index (χ3n) is 3.73. The number of carbonyl (C=O) groups excluding carboxylic acids is 2. The molecule has 0 atom stereocenters. The van der Waals surface area contributed by atoms with Gasteiger partial charge in [-0.25, -0.2) is 9.59 Å². The summed E-state index contributed by atoms with van der Waals surface area (Å²) >= 11 is 0. The number of carbonyl (C=O) groups is 2. The average molecular weight is 273 g/mol. The van der Waals surface area contributed by atoms with Crippen molar-refractivity contribution in [3.05, 3.63) is 59.2 Å². The number of hydrogen-bond donors (Lipinski definition) is 0. The monoisotopic (exact) mass is 273 g/mol. The van der Waals surface area contributed by atoms with Gasteiger partial charge in [0.25, 0.3) is 0 Å². The van der Waals surface area contributed by atoms with Crippen LogP contribution in [0.4, 0.5) is 0 Å². The Bertz CT molecular complexity index is 1010. The van der Waals surface area contributed by atoms with Gasteiger partial charge in [0.1, 0.15) is 0 Å². The van der Waals surface area contributed by atoms with Crippen LogP contribution in [-0.2, 0) is 4.74 Å². The molecule has 0 radical (unpaired) electrons. The van der Waals surface area contributed by atoms with Crippen molar-refractivity contribution in [1.29, 1.82) is 5.26 Å². The number of hydrogen-bond acceptors (Lipinski definition) is 4. The van der Waals surface area contributed by atoms with Gasteiger partial charge in [-0.05, 0) is 40.4 Å². The largest absolute Gasteiger partial charge is 0.386 e. The van der Waals surface area contributed by atoms with E-state index in [1.165, 1.54) is 0 Å². The van der Waals surface area contributed by atoms with Gasteiger partial charge in [-0.15, -0.1) is 0 Å². The highest BCUT2D eigenvalue weighted by Gasteiger charge is 2.27. The molecule has 4 nitrogen and oxygen atoms in total. The zero-order valence-corrected chi connectivity index (χ0v) is 10.7. The van der Waals surface area contributed by atoms with Gasteiger partial charge in [0.15, 0.2) is 0 Å². The van der Waals surface area contributed by atoms with Crippen molar-refractivity contribution in [2.45, 2.75) is 0 Å². The molecule has 1 aliphatic heterocycles. The fourth-order valence-electron chi connectivity index (χ4n) is 2.80. The summed E-state index contributed by atoms with van der Waals surface area (Å²) in [6, 6.07) is 14.3. The standard InChI is InChI=1S/C17H7NO3/c18-8-9-4-5-10-7-14-15-11(13(10)6-9)2-1-3-12(15)16(19)21-17(14)20/h1-7H. The van der Waals surface area contributed by atoms with Crippen molar-refractivity contribution in [3.63, 3.8) is 0 Å². The normalized spacial score (nSPS) is 13.3. The Labute approximate surface area is 119 Å². The van der Waals surface area contributed by atoms with Crippen molar-refractivity contribution in [3.8, 4) is 6.07 Å². The molecule has 3 aromatic carbocycles. The fourth-order valence-corrected chi connectivity index (χ4v) is 2.80. The molecule has 0 bridgehead atoms. The van der Waals surface area contributed by atoms with E-state index < -0.39 is 11.9 Å². The smallest absolute Gasteiger partial charge is 0.346 e. The Hall–Kier alpha value is -3.19. The molecule has 4 rings (SSSR count). The molecular weight excluding hydrogens is 266 g/mol. The SMILES string of the molecule is N#Cc1ccc2cc3c4c(cccc4c2c1)C(=O)OC3=O. The molecule has 0 N–H and O–H groups in total. The van der Waals surface area contributed by atoms with Crippen LogP contribution in [0.2, 0.25) is 0 Å². The molecule has 0 saturated heterocycles. The highest BCUT2D eigenvalue weighted by atomic mass is 16.6. The number of rotatable bonds is 0. The van der Waals surface area contributed by atoms with Gasteiger partial charge in [-0.2, -0.15) is 5.26 Å². The molecule has 4 heteroatoms. The van der Waals surface area contributed by atoms with Gasteiger partial charge >= 0.3 is 11.9 Å². The number of nitriles is 1. The predicted molar refractivity (Wildman–Crippen MR) is 75.9 cm³/mol. The molecule has 98 valence electrons. The van der Waals surface area contributed by atoms with Crippen molar-refractivity contribution < 1.29 is 14.3 Å². The summed E-state index contributed by atoms with van der Waals surface area (Å²) in [6.07, 6.45) is 0. The lowest BCUT2D eigenvalue weighted by Gasteiger charge is -2.17. The van der Waals surface area contributed by atoms with E-state index in [-0.39, 0.29) is 0 Å². The minimum atomic E-state index is -0.631. The van der Waals surface area contributed by atoms with Crippen LogP contribution in [0.15, 0.2) is 42.5 Å². The van der Waals surface area contributed by atoms with Crippen LogP contribution in [-0.4, -0.2) is 11.9 Å². The molecule has 0 saturated carbocycles. The first kappa shape index (κ1) is 11.6. The molecular formula is C17H7NO3. The average Bonchev–Trinajstić information content (AvgIpc) is 2.51. The van der Waals surface area contributed by atoms with Crippen LogP contribution in [0.25, 0.3) is 21.5 Å². The summed E-state index contributed by atoms with van der Waals surface area (Å²) in [7, 11) is 0. The highest BCUT2D eigenvalue weighted by molar-refractivity contribution is 6.26. The minimum absolute atomic E-state index is 0.381. The van der Waals surface area contributed by atoms with E-state index in [9.17, 15) is 9.59 Å². The molecule has 0 spiro atoms. The van der Waals surface area contributed by atoms with Crippen LogP contribution >= 0.6 is 0 Å². The summed E-state index contributed by atoms with van der Waals surface area (Å²) in [5.41, 5.74) is 1.30. The van der Waals surface area contributed by atoms with E-state index in [1.54, 1.807) is 36.4 Å². The summed E-state index contributed by atoms with van der Waals surface area (Å²) in [4.78, 5) is 23.8. The fraction of sp³-hybridized carbons (Fsp3) is 0. The van der Waals surface area contributed by atoms with Crippen LogP contribution in [0, 0.1) is 11.3 Å². The van der Waals surface area contributed by atoms with Crippen LogP contribution in [0.1, 0.15) is 26.3 Å². The van der Waals surface area contributed by atoms with Crippen LogP contribution in [0.5, 0.6) is 0 Å². The van der Waals surface area contributed by atoms with Crippen molar-refractivity contribution in [2.24, 2.45) is 0 Å². The quantitative estimate of drug-likeness (QED) is 0.358. The van der Waals surface area contributed by atoms with E-state index in [0.717, 1.165) is 16.2 Å². The lowest BCUT2D eigenvalue weighted by Crippen LogP contribution is -2.19. The Balaban J connectivity index is 2.28. The van der Waals surface area contributed by atoms with Gasteiger partial charge in [0, 0.05) is 5.39 Å². The maximum absolute atomic E-state index is 12.0. The second kappa shape index (κ2) is 3.90. The van der Waals surface area contributed by atoms with Gasteiger partial charge in [0.2, 0.25) is 0 Å². The lowest BCUT2D eigenvalue weighted by atomic mass is 9.92. The second-order valence-electron chi connectivity index (χ2n) is 4.88. The molecule has 0 fully saturated rings. The van der Waals surface area contributed by atoms with E-state index in [1.807, 2.05) is 6.07 Å². The van der Waals surface area contributed by atoms with E-state index in [0.29, 0.717) is 22.1 Å². The maximum atomic E-state index is 12.0. The Morgan fingerprint density at radius 3 is 2.52 bits per heavy atom. The van der Waals surface area contributed by atoms with Gasteiger partial charge < -0.3 is 4.74 Å². The summed E-state index contributed by atoms with van der Waals surface area (Å²) in [5, 5.41) is 12.1. The zero-order valence-electron chi connectivity index (χ0n) is 10.7. The molecule has 0 aromatic heterocycles. The van der Waals surface area contributed by atoms with Gasteiger partial charge in [0.05, 0.1) is 22.8 Å². The third kappa shape index (κ3) is 1.49. The Morgan fingerprint density at radius 1 is 0.905 bits per heavy atom. The number of benzene rings is 3. The predicted octanol–water partition coefficient (Wildman–Crippen LogP) is 3.18. The molecule has 3 aromatic rings.